The van der Waals surface area contributed by atoms with Crippen molar-refractivity contribution in [3.05, 3.63) is 0 Å². The molecule has 0 aromatic heterocycles. The number of primary amides is 1. The molecule has 0 saturated carbocycles. The molecule has 2 heterocycles. The van der Waals surface area contributed by atoms with Gasteiger partial charge >= 0.3 is 5.97 Å². The second-order valence-corrected chi connectivity index (χ2v) is 6.84. The zero-order chi connectivity index (χ0) is 14.3. The van der Waals surface area contributed by atoms with E-state index in [9.17, 15) is 9.59 Å². The monoisotopic (exact) mass is 269 g/mol. The third-order valence-electron chi connectivity index (χ3n) is 3.39. The number of nitrogens with zero attached hydrogens (tertiary/aromatic N) is 2. The highest BCUT2D eigenvalue weighted by atomic mass is 16.6. The van der Waals surface area contributed by atoms with Crippen molar-refractivity contribution in [2.24, 2.45) is 11.1 Å². The SMILES string of the molecule is CC(C)(C)OC(=O)CN1CC2(CN(CC(N)=O)C2)C1. The summed E-state index contributed by atoms with van der Waals surface area (Å²) in [6.45, 7) is 9.93. The summed E-state index contributed by atoms with van der Waals surface area (Å²) in [5.74, 6) is -0.449. The van der Waals surface area contributed by atoms with Crippen molar-refractivity contribution in [1.82, 2.24) is 9.80 Å². The average Bonchev–Trinajstić information content (AvgIpc) is 2.06. The molecule has 0 unspecified atom stereocenters. The van der Waals surface area contributed by atoms with Gasteiger partial charge in [0.2, 0.25) is 5.91 Å². The third kappa shape index (κ3) is 3.67. The van der Waals surface area contributed by atoms with Gasteiger partial charge in [-0.15, -0.1) is 0 Å². The fourth-order valence-corrected chi connectivity index (χ4v) is 3.01. The maximum Gasteiger partial charge on any atom is 0.320 e. The molecule has 2 aliphatic heterocycles. The molecule has 1 spiro atoms. The van der Waals surface area contributed by atoms with E-state index in [0.717, 1.165) is 26.2 Å². The van der Waals surface area contributed by atoms with Gasteiger partial charge in [-0.25, -0.2) is 0 Å². The second-order valence-electron chi connectivity index (χ2n) is 6.84. The van der Waals surface area contributed by atoms with Crippen molar-refractivity contribution in [3.63, 3.8) is 0 Å². The van der Waals surface area contributed by atoms with Crippen molar-refractivity contribution in [1.29, 1.82) is 0 Å². The van der Waals surface area contributed by atoms with Crippen LogP contribution in [-0.2, 0) is 14.3 Å². The molecule has 2 fully saturated rings. The number of amides is 1. The second kappa shape index (κ2) is 4.76. The van der Waals surface area contributed by atoms with Crippen molar-refractivity contribution in [2.75, 3.05) is 39.3 Å². The highest BCUT2D eigenvalue weighted by Gasteiger charge is 2.51. The first-order chi connectivity index (χ1) is 8.67. The Morgan fingerprint density at radius 2 is 1.58 bits per heavy atom. The Balaban J connectivity index is 1.65. The molecule has 2 saturated heterocycles. The summed E-state index contributed by atoms with van der Waals surface area (Å²) >= 11 is 0. The van der Waals surface area contributed by atoms with Gasteiger partial charge in [0.1, 0.15) is 5.60 Å². The predicted octanol–water partition coefficient (Wildman–Crippen LogP) is -0.569. The number of likely N-dealkylation sites (tertiary alicyclic amines) is 2. The standard InChI is InChI=1S/C13H23N3O3/c1-12(2,3)19-11(18)5-16-8-13(9-16)6-15(7-13)4-10(14)17/h4-9H2,1-3H3,(H2,14,17). The molecule has 0 radical (unpaired) electrons. The molecule has 2 aliphatic rings. The van der Waals surface area contributed by atoms with Crippen LogP contribution >= 0.6 is 0 Å². The lowest BCUT2D eigenvalue weighted by atomic mass is 9.73. The van der Waals surface area contributed by atoms with Crippen LogP contribution in [0.5, 0.6) is 0 Å². The van der Waals surface area contributed by atoms with Crippen LogP contribution in [0.2, 0.25) is 0 Å². The minimum atomic E-state index is -0.422. The van der Waals surface area contributed by atoms with E-state index in [1.165, 1.54) is 0 Å². The number of nitrogens with two attached hydrogens (primary N) is 1. The molecule has 2 rings (SSSR count). The molecule has 6 heteroatoms. The minimum Gasteiger partial charge on any atom is -0.459 e. The minimum absolute atomic E-state index is 0.171. The van der Waals surface area contributed by atoms with E-state index in [2.05, 4.69) is 4.90 Å². The number of ether oxygens (including phenoxy) is 1. The normalized spacial score (nSPS) is 22.7. The first-order valence-corrected chi connectivity index (χ1v) is 6.62. The molecule has 0 aromatic rings. The summed E-state index contributed by atoms with van der Waals surface area (Å²) in [4.78, 5) is 26.6. The van der Waals surface area contributed by atoms with Gasteiger partial charge in [0, 0.05) is 31.6 Å². The summed E-state index contributed by atoms with van der Waals surface area (Å²) < 4.78 is 5.29. The highest BCUT2D eigenvalue weighted by molar-refractivity contribution is 5.76. The molecule has 0 aromatic carbocycles. The molecule has 0 atom stereocenters. The van der Waals surface area contributed by atoms with E-state index < -0.39 is 5.60 Å². The lowest BCUT2D eigenvalue weighted by Crippen LogP contribution is -2.73. The van der Waals surface area contributed by atoms with Crippen LogP contribution in [-0.4, -0.2) is 66.5 Å². The maximum absolute atomic E-state index is 11.7. The number of rotatable bonds is 4. The van der Waals surface area contributed by atoms with Gasteiger partial charge in [-0.05, 0) is 20.8 Å². The molecule has 2 N–H and O–H groups in total. The lowest BCUT2D eigenvalue weighted by molar-refractivity contribution is -0.165. The number of hydrogen-bond donors (Lipinski definition) is 1. The van der Waals surface area contributed by atoms with Crippen molar-refractivity contribution in [3.8, 4) is 0 Å². The molecule has 6 nitrogen and oxygen atoms in total. The zero-order valence-corrected chi connectivity index (χ0v) is 11.9. The zero-order valence-electron chi connectivity index (χ0n) is 11.9. The summed E-state index contributed by atoms with van der Waals surface area (Å²) in [6, 6.07) is 0. The number of carbonyl (C=O) groups is 2. The Kier molecular flexibility index (Phi) is 3.57. The molecule has 0 aliphatic carbocycles. The van der Waals surface area contributed by atoms with E-state index >= 15 is 0 Å². The topological polar surface area (TPSA) is 75.9 Å². The van der Waals surface area contributed by atoms with Crippen LogP contribution in [0, 0.1) is 5.41 Å². The van der Waals surface area contributed by atoms with Gasteiger partial charge in [0.05, 0.1) is 13.1 Å². The van der Waals surface area contributed by atoms with Crippen LogP contribution in [0.3, 0.4) is 0 Å². The van der Waals surface area contributed by atoms with Crippen molar-refractivity contribution < 1.29 is 14.3 Å². The summed E-state index contributed by atoms with van der Waals surface area (Å²) in [5.41, 5.74) is 5.00. The van der Waals surface area contributed by atoms with E-state index in [1.807, 2.05) is 25.7 Å². The first kappa shape index (κ1) is 14.3. The van der Waals surface area contributed by atoms with Crippen LogP contribution in [0.1, 0.15) is 20.8 Å². The Bertz CT molecular complexity index is 375. The Morgan fingerprint density at radius 1 is 1.11 bits per heavy atom. The van der Waals surface area contributed by atoms with Crippen LogP contribution < -0.4 is 5.73 Å². The maximum atomic E-state index is 11.7. The van der Waals surface area contributed by atoms with E-state index in [1.54, 1.807) is 0 Å². The fraction of sp³-hybridized carbons (Fsp3) is 0.846. The average molecular weight is 269 g/mol. The lowest BCUT2D eigenvalue weighted by Gasteiger charge is -2.60. The molecule has 1 amide bonds. The molecule has 19 heavy (non-hydrogen) atoms. The number of carbonyl (C=O) groups excluding carboxylic acids is 2. The van der Waals surface area contributed by atoms with Gasteiger partial charge in [0.25, 0.3) is 0 Å². The summed E-state index contributed by atoms with van der Waals surface area (Å²) in [5, 5.41) is 0. The third-order valence-corrected chi connectivity index (χ3v) is 3.39. The van der Waals surface area contributed by atoms with Crippen molar-refractivity contribution in [2.45, 2.75) is 26.4 Å². The Hall–Kier alpha value is -1.14. The van der Waals surface area contributed by atoms with Gasteiger partial charge in [-0.2, -0.15) is 0 Å². The first-order valence-electron chi connectivity index (χ1n) is 6.62. The van der Waals surface area contributed by atoms with Gasteiger partial charge < -0.3 is 10.5 Å². The molecular formula is C13H23N3O3. The van der Waals surface area contributed by atoms with E-state index in [4.69, 9.17) is 10.5 Å². The highest BCUT2D eigenvalue weighted by Crippen LogP contribution is 2.39. The Labute approximate surface area is 113 Å². The molecule has 108 valence electrons. The predicted molar refractivity (Wildman–Crippen MR) is 70.4 cm³/mol. The summed E-state index contributed by atoms with van der Waals surface area (Å²) in [6.07, 6.45) is 0. The van der Waals surface area contributed by atoms with Gasteiger partial charge in [0.15, 0.2) is 0 Å². The van der Waals surface area contributed by atoms with Gasteiger partial charge in [-0.1, -0.05) is 0 Å². The number of esters is 1. The fourth-order valence-electron chi connectivity index (χ4n) is 3.01. The van der Waals surface area contributed by atoms with Crippen LogP contribution in [0.15, 0.2) is 0 Å². The molecule has 0 bridgehead atoms. The smallest absolute Gasteiger partial charge is 0.320 e. The van der Waals surface area contributed by atoms with Crippen molar-refractivity contribution >= 4 is 11.9 Å². The number of hydrogen-bond acceptors (Lipinski definition) is 5. The largest absolute Gasteiger partial charge is 0.459 e. The van der Waals surface area contributed by atoms with Gasteiger partial charge in [-0.3, -0.25) is 19.4 Å². The quantitative estimate of drug-likeness (QED) is 0.692. The van der Waals surface area contributed by atoms with Crippen LogP contribution in [0.25, 0.3) is 0 Å². The Morgan fingerprint density at radius 3 is 2.00 bits per heavy atom. The summed E-state index contributed by atoms with van der Waals surface area (Å²) in [7, 11) is 0. The van der Waals surface area contributed by atoms with E-state index in [-0.39, 0.29) is 17.3 Å². The molecular weight excluding hydrogens is 246 g/mol. The van der Waals surface area contributed by atoms with Crippen LogP contribution in [0.4, 0.5) is 0 Å². The van der Waals surface area contributed by atoms with E-state index in [0.29, 0.717) is 13.1 Å².